The molecule has 0 saturated carbocycles. The van der Waals surface area contributed by atoms with E-state index in [1.807, 2.05) is 0 Å². The second-order valence-electron chi connectivity index (χ2n) is 6.44. The summed E-state index contributed by atoms with van der Waals surface area (Å²) in [4.78, 5) is 35.8. The molecule has 0 saturated heterocycles. The molecule has 0 radical (unpaired) electrons. The molecule has 2 aromatic rings. The highest BCUT2D eigenvalue weighted by Crippen LogP contribution is 2.26. The Labute approximate surface area is 164 Å². The minimum atomic E-state index is -0.948. The SMILES string of the molecule is Cc1c(F)cc(C(N)=O)cc1NC(=O)C1=NN(c2ccc(F)cc2)C(C(N)=O)C1. The number of nitrogens with two attached hydrogens (primary N) is 2. The number of amides is 3. The monoisotopic (exact) mass is 401 g/mol. The Balaban J connectivity index is 1.89. The van der Waals surface area contributed by atoms with Crippen LogP contribution in [0.1, 0.15) is 22.3 Å². The number of benzene rings is 2. The first kappa shape index (κ1) is 19.9. The smallest absolute Gasteiger partial charge is 0.271 e. The number of primary amides is 2. The largest absolute Gasteiger partial charge is 0.368 e. The van der Waals surface area contributed by atoms with Gasteiger partial charge in [0.25, 0.3) is 5.91 Å². The maximum absolute atomic E-state index is 14.0. The van der Waals surface area contributed by atoms with Gasteiger partial charge in [0.1, 0.15) is 23.4 Å². The molecule has 10 heteroatoms. The molecule has 29 heavy (non-hydrogen) atoms. The van der Waals surface area contributed by atoms with Gasteiger partial charge < -0.3 is 16.8 Å². The van der Waals surface area contributed by atoms with Gasteiger partial charge in [-0.05, 0) is 43.3 Å². The number of anilines is 2. The van der Waals surface area contributed by atoms with E-state index in [-0.39, 0.29) is 28.9 Å². The first-order chi connectivity index (χ1) is 13.7. The Hall–Kier alpha value is -3.82. The summed E-state index contributed by atoms with van der Waals surface area (Å²) in [5.41, 5.74) is 10.9. The van der Waals surface area contributed by atoms with E-state index in [0.29, 0.717) is 5.69 Å². The van der Waals surface area contributed by atoms with Gasteiger partial charge in [-0.3, -0.25) is 19.4 Å². The Kier molecular flexibility index (Phi) is 5.26. The van der Waals surface area contributed by atoms with E-state index >= 15 is 0 Å². The molecule has 0 bridgehead atoms. The number of rotatable bonds is 5. The van der Waals surface area contributed by atoms with E-state index in [4.69, 9.17) is 11.5 Å². The molecule has 0 aliphatic carbocycles. The first-order valence-corrected chi connectivity index (χ1v) is 8.50. The Morgan fingerprint density at radius 3 is 2.38 bits per heavy atom. The third-order valence-corrected chi connectivity index (χ3v) is 4.47. The highest BCUT2D eigenvalue weighted by Gasteiger charge is 2.35. The molecule has 3 amide bonds. The first-order valence-electron chi connectivity index (χ1n) is 8.50. The van der Waals surface area contributed by atoms with Crippen LogP contribution >= 0.6 is 0 Å². The van der Waals surface area contributed by atoms with Crippen molar-refractivity contribution in [3.63, 3.8) is 0 Å². The van der Waals surface area contributed by atoms with E-state index in [0.717, 1.165) is 6.07 Å². The highest BCUT2D eigenvalue weighted by atomic mass is 19.1. The second-order valence-corrected chi connectivity index (χ2v) is 6.44. The molecule has 1 unspecified atom stereocenters. The molecule has 0 spiro atoms. The van der Waals surface area contributed by atoms with Crippen LogP contribution in [0, 0.1) is 18.6 Å². The fraction of sp³-hybridized carbons (Fsp3) is 0.158. The van der Waals surface area contributed by atoms with Crippen LogP contribution in [0.5, 0.6) is 0 Å². The van der Waals surface area contributed by atoms with Gasteiger partial charge in [-0.2, -0.15) is 5.10 Å². The Bertz CT molecular complexity index is 1040. The van der Waals surface area contributed by atoms with Crippen LogP contribution in [0.2, 0.25) is 0 Å². The summed E-state index contributed by atoms with van der Waals surface area (Å²) in [5, 5.41) is 7.82. The van der Waals surface area contributed by atoms with Crippen molar-refractivity contribution in [2.45, 2.75) is 19.4 Å². The predicted octanol–water partition coefficient (Wildman–Crippen LogP) is 1.43. The maximum Gasteiger partial charge on any atom is 0.271 e. The topological polar surface area (TPSA) is 131 Å². The molecule has 3 rings (SSSR count). The second kappa shape index (κ2) is 7.66. The normalized spacial score (nSPS) is 15.8. The number of carbonyl (C=O) groups excluding carboxylic acids is 3. The van der Waals surface area contributed by atoms with Gasteiger partial charge in [0.2, 0.25) is 11.8 Å². The van der Waals surface area contributed by atoms with Crippen LogP contribution in [-0.2, 0) is 9.59 Å². The van der Waals surface area contributed by atoms with E-state index in [2.05, 4.69) is 10.4 Å². The molecule has 1 aliphatic rings. The van der Waals surface area contributed by atoms with Crippen molar-refractivity contribution in [3.05, 3.63) is 59.2 Å². The van der Waals surface area contributed by atoms with Gasteiger partial charge in [-0.15, -0.1) is 0 Å². The molecular weight excluding hydrogens is 384 g/mol. The molecule has 2 aromatic carbocycles. The van der Waals surface area contributed by atoms with E-state index in [1.165, 1.54) is 42.3 Å². The summed E-state index contributed by atoms with van der Waals surface area (Å²) in [6.07, 6.45) is -0.102. The lowest BCUT2D eigenvalue weighted by atomic mass is 10.1. The predicted molar refractivity (Wildman–Crippen MR) is 102 cm³/mol. The lowest BCUT2D eigenvalue weighted by Crippen LogP contribution is -2.39. The van der Waals surface area contributed by atoms with Gasteiger partial charge in [0, 0.05) is 23.2 Å². The molecule has 5 N–H and O–H groups in total. The molecule has 1 aliphatic heterocycles. The van der Waals surface area contributed by atoms with Crippen LogP contribution in [0.25, 0.3) is 0 Å². The number of carbonyl (C=O) groups is 3. The molecule has 0 aromatic heterocycles. The summed E-state index contributed by atoms with van der Waals surface area (Å²) in [5.74, 6) is -3.47. The summed E-state index contributed by atoms with van der Waals surface area (Å²) >= 11 is 0. The number of hydrogen-bond acceptors (Lipinski definition) is 5. The van der Waals surface area contributed by atoms with E-state index < -0.39 is 35.4 Å². The van der Waals surface area contributed by atoms with Crippen LogP contribution in [-0.4, -0.2) is 29.5 Å². The molecular formula is C19H17F2N5O3. The van der Waals surface area contributed by atoms with Gasteiger partial charge in [0.05, 0.1) is 5.69 Å². The van der Waals surface area contributed by atoms with Gasteiger partial charge in [0.15, 0.2) is 0 Å². The van der Waals surface area contributed by atoms with E-state index in [9.17, 15) is 23.2 Å². The average molecular weight is 401 g/mol. The van der Waals surface area contributed by atoms with Crippen molar-refractivity contribution < 1.29 is 23.2 Å². The molecule has 1 heterocycles. The average Bonchev–Trinajstić information content (AvgIpc) is 3.11. The van der Waals surface area contributed by atoms with E-state index in [1.54, 1.807) is 0 Å². The number of halogens is 2. The van der Waals surface area contributed by atoms with Gasteiger partial charge in [-0.1, -0.05) is 0 Å². The minimum absolute atomic E-state index is 0.0394. The standard InChI is InChI=1S/C19H17F2N5O3/c1-9-13(21)6-10(17(22)27)7-14(9)24-19(29)15-8-16(18(23)28)26(25-15)12-4-2-11(20)3-5-12/h2-7,16H,8H2,1H3,(H2,22,27)(H2,23,28)(H,24,29). The van der Waals surface area contributed by atoms with Crippen LogP contribution < -0.4 is 21.8 Å². The number of hydrazone groups is 1. The van der Waals surface area contributed by atoms with Crippen LogP contribution in [0.4, 0.5) is 20.2 Å². The molecule has 8 nitrogen and oxygen atoms in total. The number of nitrogens with zero attached hydrogens (tertiary/aromatic N) is 2. The van der Waals surface area contributed by atoms with Crippen molar-refractivity contribution in [2.75, 3.05) is 10.3 Å². The zero-order chi connectivity index (χ0) is 21.3. The van der Waals surface area contributed by atoms with Crippen molar-refractivity contribution in [1.82, 2.24) is 0 Å². The summed E-state index contributed by atoms with van der Waals surface area (Å²) in [7, 11) is 0. The van der Waals surface area contributed by atoms with Crippen molar-refractivity contribution in [3.8, 4) is 0 Å². The van der Waals surface area contributed by atoms with Crippen LogP contribution in [0.15, 0.2) is 41.5 Å². The lowest BCUT2D eigenvalue weighted by molar-refractivity contribution is -0.119. The highest BCUT2D eigenvalue weighted by molar-refractivity contribution is 6.44. The van der Waals surface area contributed by atoms with Gasteiger partial charge >= 0.3 is 0 Å². The summed E-state index contributed by atoms with van der Waals surface area (Å²) in [6.45, 7) is 1.42. The summed E-state index contributed by atoms with van der Waals surface area (Å²) in [6, 6.07) is 6.43. The van der Waals surface area contributed by atoms with Crippen molar-refractivity contribution >= 4 is 34.8 Å². The fourth-order valence-electron chi connectivity index (χ4n) is 2.85. The third kappa shape index (κ3) is 4.05. The molecule has 1 atom stereocenters. The van der Waals surface area contributed by atoms with Crippen molar-refractivity contribution in [1.29, 1.82) is 0 Å². The third-order valence-electron chi connectivity index (χ3n) is 4.47. The molecule has 0 fully saturated rings. The summed E-state index contributed by atoms with van der Waals surface area (Å²) < 4.78 is 27.2. The van der Waals surface area contributed by atoms with Crippen molar-refractivity contribution in [2.24, 2.45) is 16.6 Å². The number of nitrogens with one attached hydrogen (secondary N) is 1. The number of hydrogen-bond donors (Lipinski definition) is 3. The quantitative estimate of drug-likeness (QED) is 0.699. The molecule has 150 valence electrons. The Morgan fingerprint density at radius 2 is 1.79 bits per heavy atom. The maximum atomic E-state index is 14.0. The van der Waals surface area contributed by atoms with Crippen LogP contribution in [0.3, 0.4) is 0 Å². The Morgan fingerprint density at radius 1 is 1.14 bits per heavy atom. The zero-order valence-corrected chi connectivity index (χ0v) is 15.3. The minimum Gasteiger partial charge on any atom is -0.368 e. The fourth-order valence-corrected chi connectivity index (χ4v) is 2.85. The zero-order valence-electron chi connectivity index (χ0n) is 15.3. The lowest BCUT2D eigenvalue weighted by Gasteiger charge is -2.20. The van der Waals surface area contributed by atoms with Gasteiger partial charge in [-0.25, -0.2) is 8.78 Å².